The van der Waals surface area contributed by atoms with E-state index in [2.05, 4.69) is 20.0 Å². The molecule has 0 unspecified atom stereocenters. The van der Waals surface area contributed by atoms with Crippen LogP contribution in [0.5, 0.6) is 0 Å². The number of rotatable bonds is 10. The minimum atomic E-state index is -0.930. The smallest absolute Gasteiger partial charge is 0.336 e. The Balaban J connectivity index is 1.54. The van der Waals surface area contributed by atoms with Gasteiger partial charge in [-0.05, 0) is 53.9 Å². The largest absolute Gasteiger partial charge is 0.478 e. The lowest BCUT2D eigenvalue weighted by Crippen LogP contribution is -2.26. The van der Waals surface area contributed by atoms with Gasteiger partial charge in [0.15, 0.2) is 0 Å². The average Bonchev–Trinajstić information content (AvgIpc) is 3.16. The lowest BCUT2D eigenvalue weighted by Gasteiger charge is -2.21. The molecule has 0 aliphatic heterocycles. The Kier molecular flexibility index (Phi) is 8.27. The van der Waals surface area contributed by atoms with Crippen molar-refractivity contribution in [2.24, 2.45) is 11.8 Å². The molecule has 5 nitrogen and oxygen atoms in total. The molecule has 35 heavy (non-hydrogen) atoms. The Hall–Kier alpha value is -3.08. The molecule has 186 valence electrons. The number of aromatic carboxylic acids is 1. The van der Waals surface area contributed by atoms with E-state index in [-0.39, 0.29) is 5.69 Å². The highest BCUT2D eigenvalue weighted by Gasteiger charge is 2.17. The first-order valence-electron chi connectivity index (χ1n) is 13.1. The van der Waals surface area contributed by atoms with Crippen LogP contribution in [0.15, 0.2) is 59.5 Å². The van der Waals surface area contributed by atoms with Crippen LogP contribution in [0.4, 0.5) is 0 Å². The summed E-state index contributed by atoms with van der Waals surface area (Å²) in [4.78, 5) is 25.0. The van der Waals surface area contributed by atoms with E-state index in [1.807, 2.05) is 45.5 Å². The number of imidazole rings is 1. The van der Waals surface area contributed by atoms with Gasteiger partial charge in [0, 0.05) is 18.4 Å². The third-order valence-corrected chi connectivity index (χ3v) is 7.37. The highest BCUT2D eigenvalue weighted by atomic mass is 16.4. The van der Waals surface area contributed by atoms with Crippen molar-refractivity contribution in [2.45, 2.75) is 78.3 Å². The molecule has 1 aliphatic carbocycles. The van der Waals surface area contributed by atoms with Gasteiger partial charge in [-0.15, -0.1) is 0 Å². The molecule has 1 heterocycles. The molecule has 3 aromatic rings. The van der Waals surface area contributed by atoms with Crippen molar-refractivity contribution in [3.8, 4) is 11.1 Å². The van der Waals surface area contributed by atoms with Gasteiger partial charge in [0.2, 0.25) is 0 Å². The summed E-state index contributed by atoms with van der Waals surface area (Å²) in [7, 11) is 0. The molecule has 5 heteroatoms. The van der Waals surface area contributed by atoms with Crippen molar-refractivity contribution in [3.05, 3.63) is 82.0 Å². The second-order valence-electron chi connectivity index (χ2n) is 10.5. The fourth-order valence-corrected chi connectivity index (χ4v) is 5.24. The van der Waals surface area contributed by atoms with Gasteiger partial charge in [-0.25, -0.2) is 9.59 Å². The van der Waals surface area contributed by atoms with Gasteiger partial charge in [0.05, 0.1) is 12.1 Å². The Labute approximate surface area is 208 Å². The molecule has 0 spiro atoms. The zero-order valence-corrected chi connectivity index (χ0v) is 21.1. The fraction of sp³-hybridized carbons (Fsp3) is 0.467. The lowest BCUT2D eigenvalue weighted by molar-refractivity contribution is 0.0697. The molecule has 1 saturated carbocycles. The van der Waals surface area contributed by atoms with Gasteiger partial charge in [0.1, 0.15) is 0 Å². The van der Waals surface area contributed by atoms with Crippen LogP contribution in [0.2, 0.25) is 0 Å². The summed E-state index contributed by atoms with van der Waals surface area (Å²) >= 11 is 0. The molecule has 1 N–H and O–H groups in total. The minimum Gasteiger partial charge on any atom is -0.478 e. The van der Waals surface area contributed by atoms with Crippen molar-refractivity contribution in [1.82, 2.24) is 9.13 Å². The number of aryl methyl sites for hydroxylation is 2. The second-order valence-corrected chi connectivity index (χ2v) is 10.5. The van der Waals surface area contributed by atoms with Crippen LogP contribution < -0.4 is 5.69 Å². The maximum atomic E-state index is 13.4. The quantitative estimate of drug-likeness (QED) is 0.359. The first kappa shape index (κ1) is 25.0. The van der Waals surface area contributed by atoms with E-state index in [4.69, 9.17) is 0 Å². The number of carboxylic acids is 1. The first-order valence-corrected chi connectivity index (χ1v) is 13.1. The molecule has 1 fully saturated rings. The summed E-state index contributed by atoms with van der Waals surface area (Å²) in [5, 5.41) is 9.52. The van der Waals surface area contributed by atoms with Crippen molar-refractivity contribution >= 4 is 5.97 Å². The maximum absolute atomic E-state index is 13.4. The molecular weight excluding hydrogens is 436 g/mol. The van der Waals surface area contributed by atoms with Crippen LogP contribution in [0.3, 0.4) is 0 Å². The Bertz CT molecular complexity index is 1180. The average molecular weight is 475 g/mol. The SMILES string of the molecule is CC(C)CCc1cn(CCC2CCCCC2)c(=O)n1Cc1ccc(-c2ccccc2C(=O)O)cc1. The van der Waals surface area contributed by atoms with Crippen LogP contribution in [0, 0.1) is 11.8 Å². The molecule has 0 radical (unpaired) electrons. The van der Waals surface area contributed by atoms with E-state index < -0.39 is 5.97 Å². The van der Waals surface area contributed by atoms with Crippen LogP contribution in [-0.2, 0) is 19.5 Å². The van der Waals surface area contributed by atoms with E-state index in [1.165, 1.54) is 32.1 Å². The zero-order chi connectivity index (χ0) is 24.8. The van der Waals surface area contributed by atoms with E-state index in [9.17, 15) is 14.7 Å². The summed E-state index contributed by atoms with van der Waals surface area (Å²) in [6.07, 6.45) is 11.7. The van der Waals surface area contributed by atoms with Crippen LogP contribution >= 0.6 is 0 Å². The van der Waals surface area contributed by atoms with Gasteiger partial charge in [-0.1, -0.05) is 88.4 Å². The maximum Gasteiger partial charge on any atom is 0.336 e. The molecule has 4 rings (SSSR count). The van der Waals surface area contributed by atoms with E-state index in [0.717, 1.165) is 48.5 Å². The Morgan fingerprint density at radius 2 is 1.74 bits per heavy atom. The molecule has 1 aliphatic rings. The van der Waals surface area contributed by atoms with Crippen molar-refractivity contribution < 1.29 is 9.90 Å². The predicted molar refractivity (Wildman–Crippen MR) is 141 cm³/mol. The van der Waals surface area contributed by atoms with Crippen molar-refractivity contribution in [1.29, 1.82) is 0 Å². The van der Waals surface area contributed by atoms with Gasteiger partial charge < -0.3 is 5.11 Å². The number of nitrogens with zero attached hydrogens (tertiary/aromatic N) is 2. The number of aromatic nitrogens is 2. The summed E-state index contributed by atoms with van der Waals surface area (Å²) < 4.78 is 3.87. The van der Waals surface area contributed by atoms with Crippen LogP contribution in [-0.4, -0.2) is 20.2 Å². The van der Waals surface area contributed by atoms with Crippen LogP contribution in [0.25, 0.3) is 11.1 Å². The molecule has 0 bridgehead atoms. The number of carboxylic acid groups (broad SMARTS) is 1. The van der Waals surface area contributed by atoms with E-state index in [1.54, 1.807) is 12.1 Å². The second kappa shape index (κ2) is 11.6. The number of hydrogen-bond donors (Lipinski definition) is 1. The van der Waals surface area contributed by atoms with Gasteiger partial charge in [-0.2, -0.15) is 0 Å². The molecule has 0 saturated heterocycles. The first-order chi connectivity index (χ1) is 16.9. The predicted octanol–water partition coefficient (Wildman–Crippen LogP) is 6.62. The van der Waals surface area contributed by atoms with Gasteiger partial charge in [0.25, 0.3) is 0 Å². The minimum absolute atomic E-state index is 0.0832. The Morgan fingerprint density at radius 3 is 2.43 bits per heavy atom. The number of hydrogen-bond acceptors (Lipinski definition) is 2. The third-order valence-electron chi connectivity index (χ3n) is 7.37. The fourth-order valence-electron chi connectivity index (χ4n) is 5.24. The topological polar surface area (TPSA) is 64.2 Å². The number of carbonyl (C=O) groups is 1. The monoisotopic (exact) mass is 474 g/mol. The van der Waals surface area contributed by atoms with E-state index in [0.29, 0.717) is 23.6 Å². The summed E-state index contributed by atoms with van der Waals surface area (Å²) in [6.45, 7) is 5.77. The molecule has 2 aromatic carbocycles. The van der Waals surface area contributed by atoms with Crippen LogP contribution in [0.1, 0.15) is 80.4 Å². The third kappa shape index (κ3) is 6.33. The number of benzene rings is 2. The van der Waals surface area contributed by atoms with Gasteiger partial charge >= 0.3 is 11.7 Å². The van der Waals surface area contributed by atoms with Crippen molar-refractivity contribution in [2.75, 3.05) is 0 Å². The highest BCUT2D eigenvalue weighted by Crippen LogP contribution is 2.27. The van der Waals surface area contributed by atoms with Crippen molar-refractivity contribution in [3.63, 3.8) is 0 Å². The molecule has 0 atom stereocenters. The highest BCUT2D eigenvalue weighted by molar-refractivity contribution is 5.95. The standard InChI is InChI=1S/C30H38N2O3/c1-22(2)12-17-26-21-31(19-18-23-8-4-3-5-9-23)30(35)32(26)20-24-13-15-25(16-14-24)27-10-6-7-11-28(27)29(33)34/h6-7,10-11,13-16,21-23H,3-5,8-9,12,17-20H2,1-2H3,(H,33,34). The lowest BCUT2D eigenvalue weighted by atomic mass is 9.87. The summed E-state index contributed by atoms with van der Waals surface area (Å²) in [6, 6.07) is 15.0. The Morgan fingerprint density at radius 1 is 1.03 bits per heavy atom. The van der Waals surface area contributed by atoms with Gasteiger partial charge in [-0.3, -0.25) is 9.13 Å². The molecular formula is C30H38N2O3. The molecule has 0 amide bonds. The molecule has 1 aromatic heterocycles. The zero-order valence-electron chi connectivity index (χ0n) is 21.1. The summed E-state index contributed by atoms with van der Waals surface area (Å²) in [5.74, 6) is 0.401. The summed E-state index contributed by atoms with van der Waals surface area (Å²) in [5.41, 5.74) is 4.09. The normalized spacial score (nSPS) is 14.5. The van der Waals surface area contributed by atoms with E-state index >= 15 is 0 Å².